The lowest BCUT2D eigenvalue weighted by Crippen LogP contribution is -2.05. The molecule has 0 unspecified atom stereocenters. The topological polar surface area (TPSA) is 9.23 Å². The van der Waals surface area contributed by atoms with Gasteiger partial charge in [0, 0.05) is 0 Å². The maximum absolute atomic E-state index is 12.2. The van der Waals surface area contributed by atoms with Crippen LogP contribution in [0.4, 0.5) is 13.2 Å². The SMILES string of the molecule is CC.COc1cc(C(F)(F)F)ccc1C. The second-order valence-corrected chi connectivity index (χ2v) is 2.68. The van der Waals surface area contributed by atoms with Crippen molar-refractivity contribution in [3.63, 3.8) is 0 Å². The molecule has 1 aromatic rings. The Morgan fingerprint density at radius 1 is 1.13 bits per heavy atom. The average Bonchev–Trinajstić information content (AvgIpc) is 2.20. The van der Waals surface area contributed by atoms with E-state index >= 15 is 0 Å². The third-order valence-corrected chi connectivity index (χ3v) is 1.74. The van der Waals surface area contributed by atoms with Crippen LogP contribution >= 0.6 is 0 Å². The molecule has 0 saturated carbocycles. The number of hydrogen-bond donors (Lipinski definition) is 0. The number of rotatable bonds is 1. The fraction of sp³-hybridized carbons (Fsp3) is 0.455. The third kappa shape index (κ3) is 3.81. The number of methoxy groups -OCH3 is 1. The van der Waals surface area contributed by atoms with Crippen molar-refractivity contribution >= 4 is 0 Å². The van der Waals surface area contributed by atoms with Crippen LogP contribution in [0.3, 0.4) is 0 Å². The Bertz CT molecular complexity index is 305. The van der Waals surface area contributed by atoms with E-state index in [4.69, 9.17) is 4.74 Å². The van der Waals surface area contributed by atoms with Gasteiger partial charge in [0.2, 0.25) is 0 Å². The molecular formula is C11H15F3O. The summed E-state index contributed by atoms with van der Waals surface area (Å²) < 4.78 is 41.3. The molecule has 0 saturated heterocycles. The molecule has 1 rings (SSSR count). The third-order valence-electron chi connectivity index (χ3n) is 1.74. The van der Waals surface area contributed by atoms with Gasteiger partial charge in [-0.3, -0.25) is 0 Å². The van der Waals surface area contributed by atoms with E-state index in [9.17, 15) is 13.2 Å². The number of ether oxygens (including phenoxy) is 1. The lowest BCUT2D eigenvalue weighted by Gasteiger charge is -2.09. The summed E-state index contributed by atoms with van der Waals surface area (Å²) in [7, 11) is 1.35. The molecule has 0 aliphatic carbocycles. The van der Waals surface area contributed by atoms with E-state index in [1.165, 1.54) is 13.2 Å². The summed E-state index contributed by atoms with van der Waals surface area (Å²) in [6.45, 7) is 5.69. The Labute approximate surface area is 87.9 Å². The molecule has 0 aromatic heterocycles. The lowest BCUT2D eigenvalue weighted by atomic mass is 10.1. The van der Waals surface area contributed by atoms with Crippen LogP contribution in [0.2, 0.25) is 0 Å². The number of aryl methyl sites for hydroxylation is 1. The van der Waals surface area contributed by atoms with Gasteiger partial charge in [-0.1, -0.05) is 19.9 Å². The normalized spacial score (nSPS) is 10.3. The van der Waals surface area contributed by atoms with Crippen LogP contribution in [0.1, 0.15) is 25.0 Å². The highest BCUT2D eigenvalue weighted by Crippen LogP contribution is 2.32. The molecule has 0 bridgehead atoms. The molecule has 0 aliphatic heterocycles. The predicted octanol–water partition coefficient (Wildman–Crippen LogP) is 4.05. The molecule has 15 heavy (non-hydrogen) atoms. The second-order valence-electron chi connectivity index (χ2n) is 2.68. The van der Waals surface area contributed by atoms with Crippen molar-refractivity contribution in [1.82, 2.24) is 0 Å². The summed E-state index contributed by atoms with van der Waals surface area (Å²) in [5.74, 6) is 0.259. The Balaban J connectivity index is 0.000000921. The quantitative estimate of drug-likeness (QED) is 0.693. The lowest BCUT2D eigenvalue weighted by molar-refractivity contribution is -0.137. The largest absolute Gasteiger partial charge is 0.496 e. The summed E-state index contributed by atoms with van der Waals surface area (Å²) in [4.78, 5) is 0. The van der Waals surface area contributed by atoms with Crippen molar-refractivity contribution in [2.75, 3.05) is 7.11 Å². The van der Waals surface area contributed by atoms with Crippen molar-refractivity contribution in [1.29, 1.82) is 0 Å². The first-order valence-corrected chi connectivity index (χ1v) is 4.67. The van der Waals surface area contributed by atoms with Crippen LogP contribution in [0.25, 0.3) is 0 Å². The highest BCUT2D eigenvalue weighted by molar-refractivity contribution is 5.37. The van der Waals surface area contributed by atoms with Crippen LogP contribution < -0.4 is 4.74 Å². The van der Waals surface area contributed by atoms with Crippen LogP contribution in [0.15, 0.2) is 18.2 Å². The van der Waals surface area contributed by atoms with Gasteiger partial charge in [-0.15, -0.1) is 0 Å². The molecule has 1 aromatic carbocycles. The van der Waals surface area contributed by atoms with E-state index in [-0.39, 0.29) is 5.75 Å². The van der Waals surface area contributed by atoms with E-state index < -0.39 is 11.7 Å². The zero-order valence-electron chi connectivity index (χ0n) is 9.27. The summed E-state index contributed by atoms with van der Waals surface area (Å²) in [5, 5.41) is 0. The van der Waals surface area contributed by atoms with Crippen molar-refractivity contribution in [3.05, 3.63) is 29.3 Å². The Hall–Kier alpha value is -1.19. The van der Waals surface area contributed by atoms with E-state index in [2.05, 4.69) is 0 Å². The first kappa shape index (κ1) is 13.8. The summed E-state index contributed by atoms with van der Waals surface area (Å²) in [6, 6.07) is 3.43. The maximum atomic E-state index is 12.2. The van der Waals surface area contributed by atoms with E-state index in [0.717, 1.165) is 12.1 Å². The van der Waals surface area contributed by atoms with E-state index in [1.54, 1.807) is 6.92 Å². The zero-order valence-corrected chi connectivity index (χ0v) is 9.27. The first-order chi connectivity index (χ1) is 6.95. The van der Waals surface area contributed by atoms with Gasteiger partial charge in [-0.2, -0.15) is 13.2 Å². The smallest absolute Gasteiger partial charge is 0.416 e. The molecule has 0 radical (unpaired) electrons. The highest BCUT2D eigenvalue weighted by Gasteiger charge is 2.30. The Morgan fingerprint density at radius 2 is 1.67 bits per heavy atom. The molecule has 0 N–H and O–H groups in total. The van der Waals surface area contributed by atoms with E-state index in [1.807, 2.05) is 13.8 Å². The van der Waals surface area contributed by atoms with Gasteiger partial charge in [-0.25, -0.2) is 0 Å². The Kier molecular flexibility index (Phi) is 5.19. The average molecular weight is 220 g/mol. The van der Waals surface area contributed by atoms with Gasteiger partial charge >= 0.3 is 6.18 Å². The monoisotopic (exact) mass is 220 g/mol. The van der Waals surface area contributed by atoms with Crippen LogP contribution in [0.5, 0.6) is 5.75 Å². The number of hydrogen-bond acceptors (Lipinski definition) is 1. The van der Waals surface area contributed by atoms with Gasteiger partial charge in [0.1, 0.15) is 5.75 Å². The molecule has 0 amide bonds. The van der Waals surface area contributed by atoms with Gasteiger partial charge in [0.05, 0.1) is 12.7 Å². The minimum atomic E-state index is -4.30. The minimum absolute atomic E-state index is 0.259. The molecule has 0 fully saturated rings. The van der Waals surface area contributed by atoms with Crippen molar-refractivity contribution < 1.29 is 17.9 Å². The van der Waals surface area contributed by atoms with Crippen LogP contribution in [-0.2, 0) is 6.18 Å². The van der Waals surface area contributed by atoms with E-state index in [0.29, 0.717) is 5.56 Å². The minimum Gasteiger partial charge on any atom is -0.496 e. The van der Waals surface area contributed by atoms with Gasteiger partial charge < -0.3 is 4.74 Å². The van der Waals surface area contributed by atoms with Gasteiger partial charge in [0.15, 0.2) is 0 Å². The fourth-order valence-electron chi connectivity index (χ4n) is 0.996. The zero-order chi connectivity index (χ0) is 12.1. The summed E-state index contributed by atoms with van der Waals surface area (Å²) >= 11 is 0. The summed E-state index contributed by atoms with van der Waals surface area (Å²) in [5.41, 5.74) is 0.00505. The summed E-state index contributed by atoms with van der Waals surface area (Å²) in [6.07, 6.45) is -4.30. The second kappa shape index (κ2) is 5.63. The maximum Gasteiger partial charge on any atom is 0.416 e. The Morgan fingerprint density at radius 3 is 2.07 bits per heavy atom. The van der Waals surface area contributed by atoms with Crippen LogP contribution in [0, 0.1) is 6.92 Å². The fourth-order valence-corrected chi connectivity index (χ4v) is 0.996. The molecule has 1 nitrogen and oxygen atoms in total. The number of benzene rings is 1. The highest BCUT2D eigenvalue weighted by atomic mass is 19.4. The molecule has 4 heteroatoms. The van der Waals surface area contributed by atoms with Crippen LogP contribution in [-0.4, -0.2) is 7.11 Å². The molecule has 0 heterocycles. The molecule has 0 aliphatic rings. The molecule has 0 atom stereocenters. The first-order valence-electron chi connectivity index (χ1n) is 4.67. The standard InChI is InChI=1S/C9H9F3O.C2H6/c1-6-3-4-7(9(10,11)12)5-8(6)13-2;1-2/h3-5H,1-2H3;1-2H3. The molecule has 86 valence electrons. The molecule has 0 spiro atoms. The van der Waals surface area contributed by atoms with Crippen molar-refractivity contribution in [3.8, 4) is 5.75 Å². The molecular weight excluding hydrogens is 205 g/mol. The predicted molar refractivity (Wildman–Crippen MR) is 54.1 cm³/mol. The van der Waals surface area contributed by atoms with Crippen molar-refractivity contribution in [2.24, 2.45) is 0 Å². The van der Waals surface area contributed by atoms with Crippen molar-refractivity contribution in [2.45, 2.75) is 26.9 Å². The number of alkyl halides is 3. The number of halogens is 3. The van der Waals surface area contributed by atoms with Gasteiger partial charge in [0.25, 0.3) is 0 Å². The van der Waals surface area contributed by atoms with Gasteiger partial charge in [-0.05, 0) is 24.6 Å².